The van der Waals surface area contributed by atoms with Crippen LogP contribution < -0.4 is 0 Å². The molecule has 1 aliphatic carbocycles. The molecule has 0 spiro atoms. The van der Waals surface area contributed by atoms with Crippen LogP contribution in [-0.2, 0) is 0 Å². The Morgan fingerprint density at radius 2 is 1.88 bits per heavy atom. The Morgan fingerprint density at radius 3 is 2.65 bits per heavy atom. The number of rotatable bonds is 0. The van der Waals surface area contributed by atoms with Gasteiger partial charge >= 0.3 is 0 Å². The zero-order valence-corrected chi connectivity index (χ0v) is 12.1. The second-order valence-corrected chi connectivity index (χ2v) is 7.82. The van der Waals surface area contributed by atoms with Crippen molar-refractivity contribution in [2.75, 3.05) is 0 Å². The van der Waals surface area contributed by atoms with Gasteiger partial charge in [0.1, 0.15) is 0 Å². The van der Waals surface area contributed by atoms with Gasteiger partial charge in [0.05, 0.1) is 0 Å². The first-order valence-electron chi connectivity index (χ1n) is 6.76. The average Bonchev–Trinajstić information content (AvgIpc) is 2.65. The molecular formula is C16H22S. The SMILES string of the molecule is CC1CC(C)(C)C(C)C2c3ccccc3SC12. The summed E-state index contributed by atoms with van der Waals surface area (Å²) in [6.07, 6.45) is 1.37. The van der Waals surface area contributed by atoms with Gasteiger partial charge in [-0.3, -0.25) is 0 Å². The molecule has 0 aromatic heterocycles. The van der Waals surface area contributed by atoms with Gasteiger partial charge < -0.3 is 0 Å². The summed E-state index contributed by atoms with van der Waals surface area (Å²) in [5.74, 6) is 2.40. The number of fused-ring (bicyclic) bond motifs is 3. The van der Waals surface area contributed by atoms with Crippen LogP contribution in [0.2, 0.25) is 0 Å². The molecule has 1 fully saturated rings. The van der Waals surface area contributed by atoms with Crippen LogP contribution in [0.5, 0.6) is 0 Å². The van der Waals surface area contributed by atoms with Crippen LogP contribution in [0.3, 0.4) is 0 Å². The molecule has 1 aromatic rings. The summed E-state index contributed by atoms with van der Waals surface area (Å²) in [6.45, 7) is 9.82. The van der Waals surface area contributed by atoms with Crippen LogP contribution in [0.25, 0.3) is 0 Å². The normalized spacial score (nSPS) is 38.6. The zero-order chi connectivity index (χ0) is 12.2. The van der Waals surface area contributed by atoms with E-state index < -0.39 is 0 Å². The minimum absolute atomic E-state index is 0.485. The Hall–Kier alpha value is -0.430. The van der Waals surface area contributed by atoms with E-state index in [2.05, 4.69) is 63.7 Å². The van der Waals surface area contributed by atoms with E-state index in [1.807, 2.05) is 0 Å². The van der Waals surface area contributed by atoms with Crippen LogP contribution in [0.15, 0.2) is 29.2 Å². The third-order valence-electron chi connectivity index (χ3n) is 5.08. The summed E-state index contributed by atoms with van der Waals surface area (Å²) in [5, 5.41) is 0.815. The Bertz CT molecular complexity index is 433. The Labute approximate surface area is 109 Å². The first kappa shape index (κ1) is 11.6. The van der Waals surface area contributed by atoms with E-state index in [1.54, 1.807) is 10.5 Å². The molecule has 4 unspecified atom stereocenters. The third-order valence-corrected chi connectivity index (χ3v) is 6.73. The fourth-order valence-electron chi connectivity index (χ4n) is 3.90. The van der Waals surface area contributed by atoms with Crippen molar-refractivity contribution in [2.24, 2.45) is 17.3 Å². The first-order valence-corrected chi connectivity index (χ1v) is 7.64. The van der Waals surface area contributed by atoms with Crippen molar-refractivity contribution in [3.63, 3.8) is 0 Å². The molecule has 0 nitrogen and oxygen atoms in total. The second-order valence-electron chi connectivity index (χ2n) is 6.60. The molecule has 0 saturated heterocycles. The van der Waals surface area contributed by atoms with E-state index in [1.165, 1.54) is 6.42 Å². The topological polar surface area (TPSA) is 0 Å². The predicted molar refractivity (Wildman–Crippen MR) is 75.6 cm³/mol. The molecule has 2 aliphatic rings. The molecular weight excluding hydrogens is 224 g/mol. The van der Waals surface area contributed by atoms with Gasteiger partial charge in [-0.05, 0) is 35.3 Å². The minimum Gasteiger partial charge on any atom is -0.122 e. The Kier molecular flexibility index (Phi) is 2.59. The second kappa shape index (κ2) is 3.78. The number of hydrogen-bond acceptors (Lipinski definition) is 1. The van der Waals surface area contributed by atoms with Gasteiger partial charge in [-0.25, -0.2) is 0 Å². The zero-order valence-electron chi connectivity index (χ0n) is 11.2. The molecule has 1 aromatic carbocycles. The van der Waals surface area contributed by atoms with Gasteiger partial charge in [0, 0.05) is 16.1 Å². The van der Waals surface area contributed by atoms with Crippen LogP contribution in [0, 0.1) is 17.3 Å². The maximum absolute atomic E-state index is 2.46. The van der Waals surface area contributed by atoms with Gasteiger partial charge in [0.2, 0.25) is 0 Å². The molecule has 1 saturated carbocycles. The van der Waals surface area contributed by atoms with E-state index in [0.717, 1.165) is 23.0 Å². The molecule has 4 atom stereocenters. The fourth-order valence-corrected chi connectivity index (χ4v) is 5.55. The van der Waals surface area contributed by atoms with Crippen LogP contribution in [0.1, 0.15) is 45.6 Å². The lowest BCUT2D eigenvalue weighted by molar-refractivity contribution is 0.0987. The van der Waals surface area contributed by atoms with E-state index in [4.69, 9.17) is 0 Å². The molecule has 0 radical (unpaired) electrons. The molecule has 0 amide bonds. The molecule has 0 bridgehead atoms. The molecule has 17 heavy (non-hydrogen) atoms. The highest BCUT2D eigenvalue weighted by atomic mass is 32.2. The fraction of sp³-hybridized carbons (Fsp3) is 0.625. The van der Waals surface area contributed by atoms with Crippen molar-refractivity contribution >= 4 is 11.8 Å². The van der Waals surface area contributed by atoms with Gasteiger partial charge in [-0.15, -0.1) is 11.8 Å². The smallest absolute Gasteiger partial charge is 0.0192 e. The Morgan fingerprint density at radius 1 is 1.18 bits per heavy atom. The molecule has 92 valence electrons. The standard InChI is InChI=1S/C16H22S/c1-10-9-16(3,4)11(2)14-12-7-5-6-8-13(12)17-15(10)14/h5-8,10-11,14-15H,9H2,1-4H3. The summed E-state index contributed by atoms with van der Waals surface area (Å²) in [5.41, 5.74) is 2.10. The first-order chi connectivity index (χ1) is 8.00. The lowest BCUT2D eigenvalue weighted by atomic mass is 9.60. The van der Waals surface area contributed by atoms with Crippen molar-refractivity contribution in [1.82, 2.24) is 0 Å². The van der Waals surface area contributed by atoms with E-state index >= 15 is 0 Å². The molecule has 1 heteroatoms. The largest absolute Gasteiger partial charge is 0.122 e. The van der Waals surface area contributed by atoms with Crippen molar-refractivity contribution in [3.8, 4) is 0 Å². The molecule has 3 rings (SSSR count). The maximum Gasteiger partial charge on any atom is 0.0192 e. The molecule has 1 heterocycles. The van der Waals surface area contributed by atoms with Gasteiger partial charge in [-0.1, -0.05) is 45.9 Å². The minimum atomic E-state index is 0.485. The van der Waals surface area contributed by atoms with Crippen LogP contribution in [-0.4, -0.2) is 5.25 Å². The van der Waals surface area contributed by atoms with E-state index in [0.29, 0.717) is 5.41 Å². The van der Waals surface area contributed by atoms with Gasteiger partial charge in [0.15, 0.2) is 0 Å². The monoisotopic (exact) mass is 246 g/mol. The van der Waals surface area contributed by atoms with Crippen molar-refractivity contribution < 1.29 is 0 Å². The summed E-state index contributed by atoms with van der Waals surface area (Å²) in [4.78, 5) is 1.54. The van der Waals surface area contributed by atoms with Gasteiger partial charge in [0.25, 0.3) is 0 Å². The average molecular weight is 246 g/mol. The maximum atomic E-state index is 2.46. The van der Waals surface area contributed by atoms with Crippen LogP contribution >= 0.6 is 11.8 Å². The molecule has 1 aliphatic heterocycles. The van der Waals surface area contributed by atoms with Crippen molar-refractivity contribution in [3.05, 3.63) is 29.8 Å². The van der Waals surface area contributed by atoms with Crippen molar-refractivity contribution in [2.45, 2.75) is 50.2 Å². The number of thioether (sulfide) groups is 1. The highest BCUT2D eigenvalue weighted by Crippen LogP contribution is 2.60. The predicted octanol–water partition coefficient (Wildman–Crippen LogP) is 4.95. The quantitative estimate of drug-likeness (QED) is 0.624. The van der Waals surface area contributed by atoms with E-state index in [9.17, 15) is 0 Å². The number of hydrogen-bond donors (Lipinski definition) is 0. The Balaban J connectivity index is 2.06. The summed E-state index contributed by atoms with van der Waals surface area (Å²) >= 11 is 2.13. The van der Waals surface area contributed by atoms with E-state index in [-0.39, 0.29) is 0 Å². The van der Waals surface area contributed by atoms with Crippen LogP contribution in [0.4, 0.5) is 0 Å². The summed E-state index contributed by atoms with van der Waals surface area (Å²) < 4.78 is 0. The molecule has 0 N–H and O–H groups in total. The van der Waals surface area contributed by atoms with Gasteiger partial charge in [-0.2, -0.15) is 0 Å². The van der Waals surface area contributed by atoms with Crippen molar-refractivity contribution in [1.29, 1.82) is 0 Å². The summed E-state index contributed by atoms with van der Waals surface area (Å²) in [7, 11) is 0. The summed E-state index contributed by atoms with van der Waals surface area (Å²) in [6, 6.07) is 9.06. The number of benzene rings is 1. The lowest BCUT2D eigenvalue weighted by Crippen LogP contribution is -2.41. The third kappa shape index (κ3) is 1.66. The lowest BCUT2D eigenvalue weighted by Gasteiger charge is -2.47. The highest BCUT2D eigenvalue weighted by Gasteiger charge is 2.49. The highest BCUT2D eigenvalue weighted by molar-refractivity contribution is 8.00.